The maximum atomic E-state index is 12.6. The van der Waals surface area contributed by atoms with E-state index in [0.717, 1.165) is 4.88 Å². The van der Waals surface area contributed by atoms with Crippen LogP contribution >= 0.6 is 11.3 Å². The molecule has 0 bridgehead atoms. The molecule has 1 saturated heterocycles. The van der Waals surface area contributed by atoms with Crippen LogP contribution in [0.5, 0.6) is 11.5 Å². The molecular formula is C18H17N3O4S. The van der Waals surface area contributed by atoms with Crippen LogP contribution in [0.1, 0.15) is 18.2 Å². The normalized spacial score (nSPS) is 16.9. The number of hydrogen-bond donors (Lipinski definition) is 0. The van der Waals surface area contributed by atoms with Crippen LogP contribution in [-0.4, -0.2) is 36.8 Å². The summed E-state index contributed by atoms with van der Waals surface area (Å²) in [4.78, 5) is 19.7. The highest BCUT2D eigenvalue weighted by molar-refractivity contribution is 7.13. The molecule has 2 aromatic heterocycles. The molecule has 1 atom stereocenters. The number of aromatic nitrogens is 2. The predicted octanol–water partition coefficient (Wildman–Crippen LogP) is 3.34. The summed E-state index contributed by atoms with van der Waals surface area (Å²) in [6, 6.07) is 9.24. The molecule has 1 unspecified atom stereocenters. The molecule has 4 rings (SSSR count). The van der Waals surface area contributed by atoms with Crippen molar-refractivity contribution in [3.05, 3.63) is 41.5 Å². The second-order valence-electron chi connectivity index (χ2n) is 5.88. The SMILES string of the molecule is COc1ccc(OC)c(N2CC(c3noc(-c4cccs4)n3)CC2=O)c1. The minimum absolute atomic E-state index is 0.0102. The number of methoxy groups -OCH3 is 2. The van der Waals surface area contributed by atoms with Gasteiger partial charge in [0.25, 0.3) is 5.89 Å². The van der Waals surface area contributed by atoms with Gasteiger partial charge in [-0.05, 0) is 23.6 Å². The Morgan fingerprint density at radius 3 is 2.88 bits per heavy atom. The summed E-state index contributed by atoms with van der Waals surface area (Å²) >= 11 is 1.53. The van der Waals surface area contributed by atoms with Crippen LogP contribution < -0.4 is 14.4 Å². The van der Waals surface area contributed by atoms with Gasteiger partial charge in [-0.15, -0.1) is 11.3 Å². The fourth-order valence-corrected chi connectivity index (χ4v) is 3.67. The minimum Gasteiger partial charge on any atom is -0.497 e. The van der Waals surface area contributed by atoms with Gasteiger partial charge >= 0.3 is 0 Å². The maximum Gasteiger partial charge on any atom is 0.267 e. The van der Waals surface area contributed by atoms with Crippen molar-refractivity contribution in [1.82, 2.24) is 10.1 Å². The number of rotatable bonds is 5. The van der Waals surface area contributed by atoms with Crippen molar-refractivity contribution in [3.63, 3.8) is 0 Å². The largest absolute Gasteiger partial charge is 0.497 e. The monoisotopic (exact) mass is 371 g/mol. The Bertz CT molecular complexity index is 922. The molecule has 1 fully saturated rings. The summed E-state index contributed by atoms with van der Waals surface area (Å²) in [7, 11) is 3.17. The Hall–Kier alpha value is -2.87. The van der Waals surface area contributed by atoms with Crippen LogP contribution in [0, 0.1) is 0 Å². The third-order valence-corrected chi connectivity index (χ3v) is 5.20. The van der Waals surface area contributed by atoms with Crippen LogP contribution in [0.2, 0.25) is 0 Å². The molecule has 0 saturated carbocycles. The molecule has 7 nitrogen and oxygen atoms in total. The van der Waals surface area contributed by atoms with E-state index in [0.29, 0.717) is 41.9 Å². The van der Waals surface area contributed by atoms with E-state index < -0.39 is 0 Å². The zero-order chi connectivity index (χ0) is 18.1. The Morgan fingerprint density at radius 2 is 2.15 bits per heavy atom. The van der Waals surface area contributed by atoms with Crippen molar-refractivity contribution in [2.45, 2.75) is 12.3 Å². The molecule has 3 aromatic rings. The summed E-state index contributed by atoms with van der Waals surface area (Å²) < 4.78 is 16.0. The van der Waals surface area contributed by atoms with E-state index in [2.05, 4.69) is 10.1 Å². The third kappa shape index (κ3) is 2.92. The topological polar surface area (TPSA) is 77.7 Å². The Kier molecular flexibility index (Phi) is 4.34. The lowest BCUT2D eigenvalue weighted by molar-refractivity contribution is -0.117. The van der Waals surface area contributed by atoms with Gasteiger partial charge in [0.1, 0.15) is 11.5 Å². The number of carbonyl (C=O) groups is 1. The maximum absolute atomic E-state index is 12.6. The number of ether oxygens (including phenoxy) is 2. The molecule has 1 aromatic carbocycles. The first kappa shape index (κ1) is 16.6. The highest BCUT2D eigenvalue weighted by Crippen LogP contribution is 2.38. The van der Waals surface area contributed by atoms with E-state index in [4.69, 9.17) is 14.0 Å². The van der Waals surface area contributed by atoms with E-state index in [1.54, 1.807) is 37.3 Å². The Labute approximate surface area is 154 Å². The zero-order valence-corrected chi connectivity index (χ0v) is 15.2. The fourth-order valence-electron chi connectivity index (χ4n) is 3.02. The molecule has 0 spiro atoms. The van der Waals surface area contributed by atoms with Gasteiger partial charge in [0, 0.05) is 24.9 Å². The minimum atomic E-state index is -0.129. The lowest BCUT2D eigenvalue weighted by Crippen LogP contribution is -2.25. The van der Waals surface area contributed by atoms with Crippen LogP contribution in [0.25, 0.3) is 10.8 Å². The van der Waals surface area contributed by atoms with Gasteiger partial charge in [0.05, 0.1) is 24.8 Å². The Balaban J connectivity index is 1.60. The van der Waals surface area contributed by atoms with E-state index in [-0.39, 0.29) is 11.8 Å². The van der Waals surface area contributed by atoms with Crippen molar-refractivity contribution in [3.8, 4) is 22.3 Å². The first-order valence-electron chi connectivity index (χ1n) is 8.09. The van der Waals surface area contributed by atoms with Crippen LogP contribution in [0.15, 0.2) is 40.2 Å². The molecule has 3 heterocycles. The lowest BCUT2D eigenvalue weighted by atomic mass is 10.1. The molecule has 0 radical (unpaired) electrons. The van der Waals surface area contributed by atoms with Gasteiger partial charge < -0.3 is 18.9 Å². The molecule has 1 amide bonds. The predicted molar refractivity (Wildman–Crippen MR) is 96.9 cm³/mol. The summed E-state index contributed by atoms with van der Waals surface area (Å²) in [5, 5.41) is 6.03. The molecular weight excluding hydrogens is 354 g/mol. The van der Waals surface area contributed by atoms with Gasteiger partial charge in [-0.3, -0.25) is 4.79 Å². The van der Waals surface area contributed by atoms with E-state index in [1.165, 1.54) is 11.3 Å². The zero-order valence-electron chi connectivity index (χ0n) is 14.3. The van der Waals surface area contributed by atoms with Gasteiger partial charge in [-0.2, -0.15) is 4.98 Å². The number of carbonyl (C=O) groups excluding carboxylic acids is 1. The number of benzene rings is 1. The van der Waals surface area contributed by atoms with E-state index in [9.17, 15) is 4.79 Å². The molecule has 0 N–H and O–H groups in total. The number of amides is 1. The summed E-state index contributed by atoms with van der Waals surface area (Å²) in [6.45, 7) is 0.464. The van der Waals surface area contributed by atoms with Crippen molar-refractivity contribution >= 4 is 22.9 Å². The van der Waals surface area contributed by atoms with Crippen LogP contribution in [-0.2, 0) is 4.79 Å². The van der Waals surface area contributed by atoms with Gasteiger partial charge in [0.15, 0.2) is 5.82 Å². The van der Waals surface area contributed by atoms with Crippen molar-refractivity contribution < 1.29 is 18.8 Å². The summed E-state index contributed by atoms with van der Waals surface area (Å²) in [5.74, 6) is 2.18. The summed E-state index contributed by atoms with van der Waals surface area (Å²) in [6.07, 6.45) is 0.323. The highest BCUT2D eigenvalue weighted by atomic mass is 32.1. The van der Waals surface area contributed by atoms with E-state index >= 15 is 0 Å². The first-order valence-corrected chi connectivity index (χ1v) is 8.97. The van der Waals surface area contributed by atoms with Crippen LogP contribution in [0.4, 0.5) is 5.69 Å². The average molecular weight is 371 g/mol. The standard InChI is InChI=1S/C18H17N3O4S/c1-23-12-5-6-14(24-2)13(9-12)21-10-11(8-16(21)22)17-19-18(25-20-17)15-4-3-7-26-15/h3-7,9,11H,8,10H2,1-2H3. The Morgan fingerprint density at radius 1 is 1.27 bits per heavy atom. The van der Waals surface area contributed by atoms with E-state index in [1.807, 2.05) is 17.5 Å². The smallest absolute Gasteiger partial charge is 0.267 e. The molecule has 1 aliphatic heterocycles. The summed E-state index contributed by atoms with van der Waals surface area (Å²) in [5.41, 5.74) is 0.682. The fraction of sp³-hybridized carbons (Fsp3) is 0.278. The molecule has 1 aliphatic rings. The molecule has 8 heteroatoms. The van der Waals surface area contributed by atoms with Gasteiger partial charge in [0.2, 0.25) is 5.91 Å². The molecule has 26 heavy (non-hydrogen) atoms. The number of thiophene rings is 1. The number of nitrogens with zero attached hydrogens (tertiary/aromatic N) is 3. The number of anilines is 1. The average Bonchev–Trinajstić information content (AvgIpc) is 3.40. The van der Waals surface area contributed by atoms with Crippen LogP contribution in [0.3, 0.4) is 0 Å². The highest BCUT2D eigenvalue weighted by Gasteiger charge is 2.36. The van der Waals surface area contributed by atoms with Gasteiger partial charge in [-0.25, -0.2) is 0 Å². The second kappa shape index (κ2) is 6.80. The molecule has 134 valence electrons. The third-order valence-electron chi connectivity index (χ3n) is 4.34. The quantitative estimate of drug-likeness (QED) is 0.685. The van der Waals surface area contributed by atoms with Crippen molar-refractivity contribution in [2.75, 3.05) is 25.7 Å². The number of hydrogen-bond acceptors (Lipinski definition) is 7. The van der Waals surface area contributed by atoms with Crippen molar-refractivity contribution in [1.29, 1.82) is 0 Å². The second-order valence-corrected chi connectivity index (χ2v) is 6.83. The molecule has 0 aliphatic carbocycles. The first-order chi connectivity index (χ1) is 12.7. The lowest BCUT2D eigenvalue weighted by Gasteiger charge is -2.20. The van der Waals surface area contributed by atoms with Crippen molar-refractivity contribution in [2.24, 2.45) is 0 Å². The van der Waals surface area contributed by atoms with Gasteiger partial charge in [-0.1, -0.05) is 11.2 Å².